The van der Waals surface area contributed by atoms with E-state index in [4.69, 9.17) is 25.7 Å². The van der Waals surface area contributed by atoms with Gasteiger partial charge in [-0.1, -0.05) is 0 Å². The van der Waals surface area contributed by atoms with Gasteiger partial charge in [0.05, 0.1) is 44.2 Å². The Bertz CT molecular complexity index is 1490. The Morgan fingerprint density at radius 2 is 1.80 bits per heavy atom. The average Bonchev–Trinajstić information content (AvgIpc) is 3.39. The highest BCUT2D eigenvalue weighted by Crippen LogP contribution is 2.37. The molecule has 0 radical (unpaired) electrons. The van der Waals surface area contributed by atoms with Gasteiger partial charge in [-0.25, -0.2) is 4.98 Å². The van der Waals surface area contributed by atoms with E-state index in [9.17, 15) is 0 Å². The minimum Gasteiger partial charge on any atom is -0.493 e. The van der Waals surface area contributed by atoms with Gasteiger partial charge in [-0.05, 0) is 29.7 Å². The van der Waals surface area contributed by atoms with Gasteiger partial charge < -0.3 is 25.7 Å². The number of aromatic nitrogens is 5. The number of anilines is 1. The molecule has 0 bridgehead atoms. The molecule has 5 rings (SSSR count). The number of rotatable bonds is 8. The topological polar surface area (TPSA) is 136 Å². The second-order valence-corrected chi connectivity index (χ2v) is 8.05. The molecule has 35 heavy (non-hydrogen) atoms. The van der Waals surface area contributed by atoms with Crippen LogP contribution in [-0.4, -0.2) is 51.6 Å². The minimum absolute atomic E-state index is 0.223. The van der Waals surface area contributed by atoms with Crippen LogP contribution in [0.1, 0.15) is 0 Å². The molecule has 0 fully saturated rings. The fourth-order valence-electron chi connectivity index (χ4n) is 3.95. The Labute approximate surface area is 201 Å². The molecule has 1 aromatic carbocycles. The van der Waals surface area contributed by atoms with Crippen molar-refractivity contribution in [2.75, 3.05) is 26.6 Å². The molecule has 10 nitrogen and oxygen atoms in total. The minimum atomic E-state index is -0.223. The first-order valence-electron chi connectivity index (χ1n) is 11.0. The number of hydrogen-bond acceptors (Lipinski definition) is 9. The number of nitrogen functional groups attached to an aromatic ring is 1. The molecule has 0 aliphatic rings. The van der Waals surface area contributed by atoms with Crippen LogP contribution in [0.15, 0.2) is 61.3 Å². The number of hydrogen-bond donors (Lipinski definition) is 2. The zero-order chi connectivity index (χ0) is 24.4. The van der Waals surface area contributed by atoms with Crippen LogP contribution in [0.2, 0.25) is 0 Å². The first-order chi connectivity index (χ1) is 17.1. The number of benzene rings is 1. The molecule has 0 spiro atoms. The number of methoxy groups -OCH3 is 2. The van der Waals surface area contributed by atoms with Crippen LogP contribution in [0, 0.1) is 0 Å². The summed E-state index contributed by atoms with van der Waals surface area (Å²) in [5.41, 5.74) is 14.7. The molecular formula is C25H25N7O3. The summed E-state index contributed by atoms with van der Waals surface area (Å²) in [7, 11) is 3.19. The van der Waals surface area contributed by atoms with E-state index in [1.54, 1.807) is 43.7 Å². The molecule has 0 amide bonds. The van der Waals surface area contributed by atoms with E-state index in [0.29, 0.717) is 41.9 Å². The van der Waals surface area contributed by atoms with Crippen molar-refractivity contribution >= 4 is 27.5 Å². The standard InChI is InChI=1S/C25H25N7O3/c1-33-23-8-19-18-7-21(31-25(27)20(18)12-29-22(19)9-24(23)34-2)15-6-17(11-28-10-15)35-14-16(26)13-32-5-3-4-30-32/h3-12,16H,13-14,26H2,1-2H3,(H2,27,31)/t16-/m1/s1. The predicted molar refractivity (Wildman–Crippen MR) is 133 cm³/mol. The van der Waals surface area contributed by atoms with Crippen molar-refractivity contribution in [2.24, 2.45) is 5.73 Å². The first kappa shape index (κ1) is 22.4. The van der Waals surface area contributed by atoms with E-state index in [0.717, 1.165) is 27.2 Å². The van der Waals surface area contributed by atoms with Gasteiger partial charge in [0.1, 0.15) is 18.2 Å². The van der Waals surface area contributed by atoms with Crippen molar-refractivity contribution in [1.82, 2.24) is 24.7 Å². The third kappa shape index (κ3) is 4.51. The van der Waals surface area contributed by atoms with Gasteiger partial charge in [-0.15, -0.1) is 0 Å². The van der Waals surface area contributed by atoms with Gasteiger partial charge in [-0.2, -0.15) is 5.10 Å². The lowest BCUT2D eigenvalue weighted by Gasteiger charge is -2.14. The Kier molecular flexibility index (Phi) is 6.02. The summed E-state index contributed by atoms with van der Waals surface area (Å²) in [6, 6.07) is 9.20. The van der Waals surface area contributed by atoms with E-state index in [2.05, 4.69) is 20.1 Å². The molecule has 0 saturated heterocycles. The highest BCUT2D eigenvalue weighted by Gasteiger charge is 2.14. The summed E-state index contributed by atoms with van der Waals surface area (Å²) in [5, 5.41) is 6.69. The molecule has 178 valence electrons. The Morgan fingerprint density at radius 3 is 2.57 bits per heavy atom. The van der Waals surface area contributed by atoms with Gasteiger partial charge in [-0.3, -0.25) is 14.6 Å². The number of pyridine rings is 3. The van der Waals surface area contributed by atoms with Crippen molar-refractivity contribution < 1.29 is 14.2 Å². The van der Waals surface area contributed by atoms with Crippen LogP contribution in [0.4, 0.5) is 5.82 Å². The third-order valence-electron chi connectivity index (χ3n) is 5.67. The van der Waals surface area contributed by atoms with Gasteiger partial charge in [0, 0.05) is 47.2 Å². The molecule has 4 N–H and O–H groups in total. The highest BCUT2D eigenvalue weighted by molar-refractivity contribution is 6.10. The normalized spacial score (nSPS) is 12.1. The monoisotopic (exact) mass is 471 g/mol. The Morgan fingerprint density at radius 1 is 0.971 bits per heavy atom. The smallest absolute Gasteiger partial charge is 0.162 e. The fraction of sp³-hybridized carbons (Fsp3) is 0.200. The van der Waals surface area contributed by atoms with Crippen molar-refractivity contribution in [3.63, 3.8) is 0 Å². The van der Waals surface area contributed by atoms with E-state index in [1.165, 1.54) is 0 Å². The maximum Gasteiger partial charge on any atom is 0.162 e. The van der Waals surface area contributed by atoms with Crippen LogP contribution < -0.4 is 25.7 Å². The van der Waals surface area contributed by atoms with Crippen LogP contribution in [0.3, 0.4) is 0 Å². The average molecular weight is 472 g/mol. The summed E-state index contributed by atoms with van der Waals surface area (Å²) in [6.07, 6.45) is 8.66. The molecular weight excluding hydrogens is 446 g/mol. The summed E-state index contributed by atoms with van der Waals surface area (Å²) in [6.45, 7) is 0.870. The third-order valence-corrected chi connectivity index (χ3v) is 5.67. The molecule has 0 aliphatic heterocycles. The molecule has 5 aromatic rings. The Hall–Kier alpha value is -4.44. The maximum absolute atomic E-state index is 6.33. The second kappa shape index (κ2) is 9.43. The van der Waals surface area contributed by atoms with Crippen LogP contribution in [0.5, 0.6) is 17.2 Å². The van der Waals surface area contributed by atoms with E-state index < -0.39 is 0 Å². The number of ether oxygens (including phenoxy) is 3. The molecule has 4 heterocycles. The van der Waals surface area contributed by atoms with E-state index in [-0.39, 0.29) is 6.04 Å². The van der Waals surface area contributed by atoms with E-state index >= 15 is 0 Å². The molecule has 4 aromatic heterocycles. The zero-order valence-corrected chi connectivity index (χ0v) is 19.4. The van der Waals surface area contributed by atoms with Crippen molar-refractivity contribution in [2.45, 2.75) is 12.6 Å². The molecule has 0 aliphatic carbocycles. The van der Waals surface area contributed by atoms with Crippen LogP contribution >= 0.6 is 0 Å². The van der Waals surface area contributed by atoms with Crippen LogP contribution in [-0.2, 0) is 6.54 Å². The highest BCUT2D eigenvalue weighted by atomic mass is 16.5. The van der Waals surface area contributed by atoms with Crippen molar-refractivity contribution in [3.05, 3.63) is 61.3 Å². The largest absolute Gasteiger partial charge is 0.493 e. The zero-order valence-electron chi connectivity index (χ0n) is 19.4. The maximum atomic E-state index is 6.33. The quantitative estimate of drug-likeness (QED) is 0.327. The number of nitrogens with two attached hydrogens (primary N) is 2. The molecule has 0 saturated carbocycles. The SMILES string of the molecule is COc1cc2ncc3c(N)nc(-c4cncc(OC[C@H](N)Cn5cccn5)c4)cc3c2cc1OC. The summed E-state index contributed by atoms with van der Waals surface area (Å²) in [4.78, 5) is 13.4. The second-order valence-electron chi connectivity index (χ2n) is 8.05. The van der Waals surface area contributed by atoms with Crippen molar-refractivity contribution in [1.29, 1.82) is 0 Å². The van der Waals surface area contributed by atoms with E-state index in [1.807, 2.05) is 36.5 Å². The molecule has 10 heteroatoms. The summed E-state index contributed by atoms with van der Waals surface area (Å²) < 4.78 is 18.6. The lowest BCUT2D eigenvalue weighted by molar-refractivity contribution is 0.271. The van der Waals surface area contributed by atoms with Gasteiger partial charge in [0.25, 0.3) is 0 Å². The number of fused-ring (bicyclic) bond motifs is 3. The fourth-order valence-corrected chi connectivity index (χ4v) is 3.95. The van der Waals surface area contributed by atoms with Crippen molar-refractivity contribution in [3.8, 4) is 28.5 Å². The summed E-state index contributed by atoms with van der Waals surface area (Å²) >= 11 is 0. The molecule has 0 unspecified atom stereocenters. The van der Waals surface area contributed by atoms with Crippen LogP contribution in [0.25, 0.3) is 32.9 Å². The number of nitrogens with zero attached hydrogens (tertiary/aromatic N) is 5. The van der Waals surface area contributed by atoms with Gasteiger partial charge in [0.2, 0.25) is 0 Å². The summed E-state index contributed by atoms with van der Waals surface area (Å²) in [5.74, 6) is 2.17. The lowest BCUT2D eigenvalue weighted by Crippen LogP contribution is -2.32. The lowest BCUT2D eigenvalue weighted by atomic mass is 10.0. The predicted octanol–water partition coefficient (Wildman–Crippen LogP) is 3.05. The van der Waals surface area contributed by atoms with Gasteiger partial charge in [0.15, 0.2) is 11.5 Å². The van der Waals surface area contributed by atoms with Gasteiger partial charge >= 0.3 is 0 Å². The Balaban J connectivity index is 1.48. The first-order valence-corrected chi connectivity index (χ1v) is 11.0. The molecule has 1 atom stereocenters.